The van der Waals surface area contributed by atoms with Gasteiger partial charge in [-0.3, -0.25) is 9.59 Å². The van der Waals surface area contributed by atoms with Crippen LogP contribution in [0.2, 0.25) is 0 Å². The Balaban J connectivity index is 2.34. The molecule has 0 saturated heterocycles. The molecule has 0 fully saturated rings. The van der Waals surface area contributed by atoms with Crippen LogP contribution in [-0.4, -0.2) is 26.0 Å². The van der Waals surface area contributed by atoms with Gasteiger partial charge < -0.3 is 9.64 Å². The van der Waals surface area contributed by atoms with E-state index in [1.54, 1.807) is 11.9 Å². The van der Waals surface area contributed by atoms with Crippen LogP contribution in [0.4, 0.5) is 5.69 Å². The fourth-order valence-corrected chi connectivity index (χ4v) is 2.02. The molecule has 0 saturated carbocycles. The zero-order valence-electron chi connectivity index (χ0n) is 9.27. The lowest BCUT2D eigenvalue weighted by Gasteiger charge is -2.10. The van der Waals surface area contributed by atoms with Crippen LogP contribution in [0.25, 0.3) is 0 Å². The van der Waals surface area contributed by atoms with Gasteiger partial charge in [0.2, 0.25) is 5.91 Å². The van der Waals surface area contributed by atoms with E-state index in [1.807, 2.05) is 24.3 Å². The standard InChI is InChI=1S/C12H13NO3/c1-13-10-6-4-3-5-8(10)9(12(13)15)7-11(14)16-2/h3-6,9H,7H2,1-2H3. The van der Waals surface area contributed by atoms with E-state index in [0.717, 1.165) is 11.3 Å². The molecule has 0 N–H and O–H groups in total. The number of hydrogen-bond acceptors (Lipinski definition) is 3. The van der Waals surface area contributed by atoms with Crippen molar-refractivity contribution in [3.8, 4) is 0 Å². The number of rotatable bonds is 2. The van der Waals surface area contributed by atoms with Crippen LogP contribution in [0, 0.1) is 0 Å². The highest BCUT2D eigenvalue weighted by molar-refractivity contribution is 6.06. The van der Waals surface area contributed by atoms with Crippen molar-refractivity contribution < 1.29 is 14.3 Å². The molecule has 84 valence electrons. The van der Waals surface area contributed by atoms with E-state index >= 15 is 0 Å². The van der Waals surface area contributed by atoms with Crippen LogP contribution < -0.4 is 4.90 Å². The maximum atomic E-state index is 11.9. The Hall–Kier alpha value is -1.84. The lowest BCUT2D eigenvalue weighted by Crippen LogP contribution is -2.25. The Morgan fingerprint density at radius 1 is 1.44 bits per heavy atom. The molecule has 1 amide bonds. The molecule has 4 heteroatoms. The number of anilines is 1. The molecule has 0 aliphatic carbocycles. The molecule has 0 radical (unpaired) electrons. The summed E-state index contributed by atoms with van der Waals surface area (Å²) in [5, 5.41) is 0. The zero-order valence-corrected chi connectivity index (χ0v) is 9.27. The second kappa shape index (κ2) is 3.96. The number of hydrogen-bond donors (Lipinski definition) is 0. The Kier molecular flexibility index (Phi) is 2.64. The third kappa shape index (κ3) is 1.56. The normalized spacial score (nSPS) is 18.5. The van der Waals surface area contributed by atoms with Gasteiger partial charge in [0.05, 0.1) is 19.4 Å². The summed E-state index contributed by atoms with van der Waals surface area (Å²) in [6.07, 6.45) is 0.108. The van der Waals surface area contributed by atoms with Crippen LogP contribution >= 0.6 is 0 Å². The van der Waals surface area contributed by atoms with Crippen molar-refractivity contribution in [2.45, 2.75) is 12.3 Å². The van der Waals surface area contributed by atoms with Crippen LogP contribution in [0.5, 0.6) is 0 Å². The number of likely N-dealkylation sites (N-methyl/N-ethyl adjacent to an activating group) is 1. The molecule has 0 bridgehead atoms. The first kappa shape index (κ1) is 10.7. The summed E-state index contributed by atoms with van der Waals surface area (Å²) in [6.45, 7) is 0. The summed E-state index contributed by atoms with van der Waals surface area (Å²) < 4.78 is 4.60. The zero-order chi connectivity index (χ0) is 11.7. The van der Waals surface area contributed by atoms with Crippen molar-refractivity contribution in [2.75, 3.05) is 19.1 Å². The van der Waals surface area contributed by atoms with E-state index in [2.05, 4.69) is 4.74 Å². The van der Waals surface area contributed by atoms with Gasteiger partial charge in [0.25, 0.3) is 0 Å². The van der Waals surface area contributed by atoms with E-state index in [-0.39, 0.29) is 18.3 Å². The summed E-state index contributed by atoms with van der Waals surface area (Å²) in [5.41, 5.74) is 1.78. The predicted octanol–water partition coefficient (Wildman–Crippen LogP) is 1.31. The highest BCUT2D eigenvalue weighted by atomic mass is 16.5. The van der Waals surface area contributed by atoms with Gasteiger partial charge in [-0.2, -0.15) is 0 Å². The van der Waals surface area contributed by atoms with Crippen LogP contribution in [0.15, 0.2) is 24.3 Å². The SMILES string of the molecule is COC(=O)CC1C(=O)N(C)c2ccccc21. The van der Waals surface area contributed by atoms with E-state index < -0.39 is 5.92 Å². The molecule has 1 aromatic rings. The van der Waals surface area contributed by atoms with Gasteiger partial charge in [-0.1, -0.05) is 18.2 Å². The lowest BCUT2D eigenvalue weighted by atomic mass is 9.97. The highest BCUT2D eigenvalue weighted by Crippen LogP contribution is 2.37. The Bertz CT molecular complexity index is 442. The van der Waals surface area contributed by atoms with E-state index in [4.69, 9.17) is 0 Å². The van der Waals surface area contributed by atoms with Gasteiger partial charge in [0.1, 0.15) is 0 Å². The first-order valence-electron chi connectivity index (χ1n) is 5.08. The van der Waals surface area contributed by atoms with Crippen molar-refractivity contribution in [3.63, 3.8) is 0 Å². The molecule has 1 atom stereocenters. The van der Waals surface area contributed by atoms with Gasteiger partial charge in [-0.15, -0.1) is 0 Å². The van der Waals surface area contributed by atoms with Gasteiger partial charge in [0, 0.05) is 12.7 Å². The molecule has 0 spiro atoms. The molecule has 1 unspecified atom stereocenters. The van der Waals surface area contributed by atoms with Crippen LogP contribution in [0.3, 0.4) is 0 Å². The number of esters is 1. The van der Waals surface area contributed by atoms with E-state index in [9.17, 15) is 9.59 Å². The maximum absolute atomic E-state index is 11.9. The summed E-state index contributed by atoms with van der Waals surface area (Å²) in [6, 6.07) is 7.51. The second-order valence-corrected chi connectivity index (χ2v) is 3.79. The van der Waals surface area contributed by atoms with E-state index in [1.165, 1.54) is 7.11 Å². The summed E-state index contributed by atoms with van der Waals surface area (Å²) in [5.74, 6) is -0.802. The fraction of sp³-hybridized carbons (Fsp3) is 0.333. The van der Waals surface area contributed by atoms with Crippen molar-refractivity contribution in [1.82, 2.24) is 0 Å². The molecule has 1 aliphatic heterocycles. The number of carbonyl (C=O) groups is 2. The summed E-state index contributed by atoms with van der Waals surface area (Å²) >= 11 is 0. The van der Waals surface area contributed by atoms with Crippen LogP contribution in [0.1, 0.15) is 17.9 Å². The third-order valence-corrected chi connectivity index (χ3v) is 2.90. The molecule has 4 nitrogen and oxygen atoms in total. The average Bonchev–Trinajstić information content (AvgIpc) is 2.55. The molecule has 16 heavy (non-hydrogen) atoms. The van der Waals surface area contributed by atoms with Crippen molar-refractivity contribution in [3.05, 3.63) is 29.8 Å². The summed E-state index contributed by atoms with van der Waals surface area (Å²) in [7, 11) is 3.05. The highest BCUT2D eigenvalue weighted by Gasteiger charge is 2.36. The van der Waals surface area contributed by atoms with E-state index in [0.29, 0.717) is 0 Å². The quantitative estimate of drug-likeness (QED) is 0.704. The lowest BCUT2D eigenvalue weighted by molar-refractivity contribution is -0.142. The number of nitrogens with zero attached hydrogens (tertiary/aromatic N) is 1. The number of para-hydroxylation sites is 1. The second-order valence-electron chi connectivity index (χ2n) is 3.79. The Labute approximate surface area is 93.8 Å². The Morgan fingerprint density at radius 3 is 2.81 bits per heavy atom. The first-order chi connectivity index (χ1) is 7.65. The monoisotopic (exact) mass is 219 g/mol. The minimum Gasteiger partial charge on any atom is -0.469 e. The molecule has 0 aromatic heterocycles. The average molecular weight is 219 g/mol. The predicted molar refractivity (Wildman–Crippen MR) is 59.2 cm³/mol. The van der Waals surface area contributed by atoms with Crippen molar-refractivity contribution in [2.24, 2.45) is 0 Å². The van der Waals surface area contributed by atoms with Gasteiger partial charge in [0.15, 0.2) is 0 Å². The minimum atomic E-state index is -0.395. The number of fused-ring (bicyclic) bond motifs is 1. The number of amides is 1. The van der Waals surface area contributed by atoms with Gasteiger partial charge in [-0.05, 0) is 11.6 Å². The fourth-order valence-electron chi connectivity index (χ4n) is 2.02. The third-order valence-electron chi connectivity index (χ3n) is 2.90. The Morgan fingerprint density at radius 2 is 2.12 bits per heavy atom. The maximum Gasteiger partial charge on any atom is 0.306 e. The van der Waals surface area contributed by atoms with Crippen molar-refractivity contribution >= 4 is 17.6 Å². The molecular weight excluding hydrogens is 206 g/mol. The number of ether oxygens (including phenoxy) is 1. The van der Waals surface area contributed by atoms with Crippen molar-refractivity contribution in [1.29, 1.82) is 0 Å². The molecule has 1 aromatic carbocycles. The van der Waals surface area contributed by atoms with Crippen LogP contribution in [-0.2, 0) is 14.3 Å². The smallest absolute Gasteiger partial charge is 0.306 e. The molecule has 1 aliphatic rings. The number of benzene rings is 1. The molecule has 2 rings (SSSR count). The molecule has 1 heterocycles. The van der Waals surface area contributed by atoms with Gasteiger partial charge in [-0.25, -0.2) is 0 Å². The summed E-state index contributed by atoms with van der Waals surface area (Å²) in [4.78, 5) is 24.8. The topological polar surface area (TPSA) is 46.6 Å². The van der Waals surface area contributed by atoms with Gasteiger partial charge >= 0.3 is 5.97 Å². The first-order valence-corrected chi connectivity index (χ1v) is 5.08. The largest absolute Gasteiger partial charge is 0.469 e. The molecular formula is C12H13NO3. The number of methoxy groups -OCH3 is 1. The number of carbonyl (C=O) groups excluding carboxylic acids is 2. The minimum absolute atomic E-state index is 0.0494.